The third-order valence-electron chi connectivity index (χ3n) is 5.47. The molecule has 3 amide bonds. The summed E-state index contributed by atoms with van der Waals surface area (Å²) in [6.45, 7) is 7.83. The molecule has 12 heteroatoms. The highest BCUT2D eigenvalue weighted by atomic mass is 16.4. The van der Waals surface area contributed by atoms with Crippen molar-refractivity contribution in [2.75, 3.05) is 6.54 Å². The van der Waals surface area contributed by atoms with Gasteiger partial charge in [0.15, 0.2) is 0 Å². The lowest BCUT2D eigenvalue weighted by Gasteiger charge is -2.27. The first-order chi connectivity index (χ1) is 15.8. The van der Waals surface area contributed by atoms with Crippen LogP contribution in [0.15, 0.2) is 0 Å². The molecule has 0 aromatic heterocycles. The summed E-state index contributed by atoms with van der Waals surface area (Å²) >= 11 is 0. The van der Waals surface area contributed by atoms with Crippen molar-refractivity contribution in [3.05, 3.63) is 0 Å². The summed E-state index contributed by atoms with van der Waals surface area (Å²) in [5.41, 5.74) is 11.5. The van der Waals surface area contributed by atoms with Crippen molar-refractivity contribution in [3.63, 3.8) is 0 Å². The zero-order chi connectivity index (χ0) is 26.4. The molecule has 196 valence electrons. The summed E-state index contributed by atoms with van der Waals surface area (Å²) in [5.74, 6) is -4.89. The van der Waals surface area contributed by atoms with E-state index in [4.69, 9.17) is 16.6 Å². The van der Waals surface area contributed by atoms with Gasteiger partial charge in [-0.05, 0) is 44.1 Å². The number of aliphatic carboxylic acids is 2. The van der Waals surface area contributed by atoms with Crippen molar-refractivity contribution in [2.45, 2.75) is 90.4 Å². The molecule has 12 nitrogen and oxygen atoms in total. The van der Waals surface area contributed by atoms with Gasteiger partial charge in [0.05, 0.1) is 12.5 Å². The van der Waals surface area contributed by atoms with E-state index in [1.54, 1.807) is 0 Å². The second-order valence-corrected chi connectivity index (χ2v) is 8.94. The van der Waals surface area contributed by atoms with E-state index in [1.807, 2.05) is 27.7 Å². The van der Waals surface area contributed by atoms with Crippen molar-refractivity contribution in [1.82, 2.24) is 16.0 Å². The molecule has 5 atom stereocenters. The lowest BCUT2D eigenvalue weighted by Crippen LogP contribution is -2.58. The first-order valence-corrected chi connectivity index (χ1v) is 11.6. The molecule has 0 radical (unpaired) electrons. The Bertz CT molecular complexity index is 701. The fraction of sp³-hybridized carbons (Fsp3) is 0.773. The lowest BCUT2D eigenvalue weighted by molar-refractivity contribution is -0.147. The van der Waals surface area contributed by atoms with E-state index in [2.05, 4.69) is 16.0 Å². The second kappa shape index (κ2) is 16.0. The van der Waals surface area contributed by atoms with Gasteiger partial charge in [-0.3, -0.25) is 19.2 Å². The molecule has 0 rings (SSSR count). The minimum atomic E-state index is -1.65. The number of carboxylic acids is 2. The summed E-state index contributed by atoms with van der Waals surface area (Å²) in [6, 6.07) is -4.55. The van der Waals surface area contributed by atoms with Crippen LogP contribution >= 0.6 is 0 Å². The minimum Gasteiger partial charge on any atom is -0.481 e. The number of carboxylic acid groups (broad SMARTS) is 2. The predicted octanol–water partition coefficient (Wildman–Crippen LogP) is -0.451. The Hall–Kier alpha value is -2.73. The van der Waals surface area contributed by atoms with Crippen LogP contribution in [0.3, 0.4) is 0 Å². The van der Waals surface area contributed by atoms with Crippen molar-refractivity contribution >= 4 is 29.7 Å². The van der Waals surface area contributed by atoms with Crippen LogP contribution in [-0.4, -0.2) is 70.6 Å². The maximum Gasteiger partial charge on any atom is 0.326 e. The first-order valence-electron chi connectivity index (χ1n) is 11.6. The van der Waals surface area contributed by atoms with Crippen LogP contribution in [0.5, 0.6) is 0 Å². The first kappa shape index (κ1) is 31.3. The van der Waals surface area contributed by atoms with Crippen molar-refractivity contribution < 1.29 is 34.2 Å². The number of nitrogens with two attached hydrogens (primary N) is 2. The molecular weight excluding hydrogens is 446 g/mol. The maximum absolute atomic E-state index is 13.0. The Kier molecular flexibility index (Phi) is 14.7. The van der Waals surface area contributed by atoms with Crippen LogP contribution in [0.2, 0.25) is 0 Å². The monoisotopic (exact) mass is 487 g/mol. The molecule has 0 bridgehead atoms. The van der Waals surface area contributed by atoms with E-state index in [9.17, 15) is 29.1 Å². The number of hydrogen-bond donors (Lipinski definition) is 7. The van der Waals surface area contributed by atoms with Crippen LogP contribution in [0.4, 0.5) is 0 Å². The van der Waals surface area contributed by atoms with Crippen LogP contribution in [-0.2, 0) is 24.0 Å². The molecule has 34 heavy (non-hydrogen) atoms. The zero-order valence-electron chi connectivity index (χ0n) is 20.5. The van der Waals surface area contributed by atoms with Gasteiger partial charge < -0.3 is 37.6 Å². The number of unbranched alkanes of at least 4 members (excludes halogenated alkanes) is 1. The summed E-state index contributed by atoms with van der Waals surface area (Å²) in [5, 5.41) is 25.5. The average molecular weight is 488 g/mol. The van der Waals surface area contributed by atoms with Gasteiger partial charge in [-0.15, -0.1) is 0 Å². The van der Waals surface area contributed by atoms with Crippen molar-refractivity contribution in [2.24, 2.45) is 23.3 Å². The summed E-state index contributed by atoms with van der Waals surface area (Å²) in [6.07, 6.45) is 1.34. The van der Waals surface area contributed by atoms with E-state index in [-0.39, 0.29) is 18.3 Å². The summed E-state index contributed by atoms with van der Waals surface area (Å²) < 4.78 is 0. The highest BCUT2D eigenvalue weighted by molar-refractivity contribution is 5.94. The molecular formula is C22H41N5O7. The third kappa shape index (κ3) is 11.9. The molecule has 0 aromatic carbocycles. The van der Waals surface area contributed by atoms with Gasteiger partial charge in [-0.1, -0.05) is 34.1 Å². The van der Waals surface area contributed by atoms with Crippen LogP contribution < -0.4 is 27.4 Å². The molecule has 9 N–H and O–H groups in total. The lowest BCUT2D eigenvalue weighted by atomic mass is 9.97. The summed E-state index contributed by atoms with van der Waals surface area (Å²) in [4.78, 5) is 60.6. The van der Waals surface area contributed by atoms with Gasteiger partial charge in [0.25, 0.3) is 0 Å². The molecule has 0 saturated heterocycles. The maximum atomic E-state index is 13.0. The highest BCUT2D eigenvalue weighted by Gasteiger charge is 2.31. The van der Waals surface area contributed by atoms with Gasteiger partial charge in [-0.2, -0.15) is 0 Å². The van der Waals surface area contributed by atoms with Gasteiger partial charge in [0.1, 0.15) is 18.1 Å². The summed E-state index contributed by atoms with van der Waals surface area (Å²) in [7, 11) is 0. The van der Waals surface area contributed by atoms with Crippen molar-refractivity contribution in [3.8, 4) is 0 Å². The predicted molar refractivity (Wildman–Crippen MR) is 125 cm³/mol. The smallest absolute Gasteiger partial charge is 0.326 e. The fourth-order valence-electron chi connectivity index (χ4n) is 3.16. The van der Waals surface area contributed by atoms with Gasteiger partial charge in [0.2, 0.25) is 17.7 Å². The number of amides is 3. The van der Waals surface area contributed by atoms with E-state index in [0.29, 0.717) is 32.2 Å². The fourth-order valence-corrected chi connectivity index (χ4v) is 3.16. The number of carbonyl (C=O) groups excluding carboxylic acids is 3. The highest BCUT2D eigenvalue weighted by Crippen LogP contribution is 2.10. The van der Waals surface area contributed by atoms with E-state index >= 15 is 0 Å². The van der Waals surface area contributed by atoms with Gasteiger partial charge in [0, 0.05) is 0 Å². The zero-order valence-corrected chi connectivity index (χ0v) is 20.5. The van der Waals surface area contributed by atoms with Crippen LogP contribution in [0, 0.1) is 11.8 Å². The Labute approximate surface area is 200 Å². The molecule has 0 aliphatic heterocycles. The quantitative estimate of drug-likeness (QED) is 0.132. The standard InChI is InChI=1S/C22H41N5O7/c1-5-13(4)18(24)21(32)26-15(10-12(2)3)20(31)25-14(8-6-7-9-23)19(30)27-16(22(33)34)11-17(28)29/h12-16,18H,5-11,23-24H2,1-4H3,(H,25,31)(H,26,32)(H,27,30)(H,28,29)(H,33,34). The number of rotatable bonds is 17. The Morgan fingerprint density at radius 1 is 0.824 bits per heavy atom. The van der Waals surface area contributed by atoms with Gasteiger partial charge >= 0.3 is 11.9 Å². The Balaban J connectivity index is 5.57. The largest absolute Gasteiger partial charge is 0.481 e. The van der Waals surface area contributed by atoms with Crippen LogP contribution in [0.25, 0.3) is 0 Å². The normalized spacial score (nSPS) is 15.5. The minimum absolute atomic E-state index is 0.0346. The Morgan fingerprint density at radius 3 is 1.82 bits per heavy atom. The molecule has 0 heterocycles. The number of nitrogens with one attached hydrogen (secondary N) is 3. The second-order valence-electron chi connectivity index (χ2n) is 8.94. The number of hydrogen-bond acceptors (Lipinski definition) is 7. The van der Waals surface area contributed by atoms with E-state index in [1.165, 1.54) is 0 Å². The van der Waals surface area contributed by atoms with Crippen LogP contribution in [0.1, 0.15) is 66.2 Å². The molecule has 0 saturated carbocycles. The topological polar surface area (TPSA) is 214 Å². The molecule has 5 unspecified atom stereocenters. The van der Waals surface area contributed by atoms with E-state index < -0.39 is 60.2 Å². The SMILES string of the molecule is CCC(C)C(N)C(=O)NC(CC(C)C)C(=O)NC(CCCCN)C(=O)NC(CC(=O)O)C(=O)O. The molecule has 0 aliphatic rings. The number of carbonyl (C=O) groups is 5. The third-order valence-corrected chi connectivity index (χ3v) is 5.47. The van der Waals surface area contributed by atoms with E-state index in [0.717, 1.165) is 0 Å². The van der Waals surface area contributed by atoms with Gasteiger partial charge in [-0.25, -0.2) is 4.79 Å². The molecule has 0 spiro atoms. The molecule has 0 aromatic rings. The molecule has 0 aliphatic carbocycles. The van der Waals surface area contributed by atoms with Crippen molar-refractivity contribution in [1.29, 1.82) is 0 Å². The molecule has 0 fully saturated rings. The average Bonchev–Trinajstić information content (AvgIpc) is 2.75. The Morgan fingerprint density at radius 2 is 1.35 bits per heavy atom.